The maximum Gasteiger partial charge on any atom is 0.237 e. The molecule has 0 radical (unpaired) electrons. The Labute approximate surface area is 200 Å². The number of benzene rings is 2. The SMILES string of the molecule is COc1ccc(Cl)cc1NC(=O)C(C)Sc1nnc(COc2ccccc2Cl)n1C1CC1. The highest BCUT2D eigenvalue weighted by molar-refractivity contribution is 8.00. The van der Waals surface area contributed by atoms with Crippen molar-refractivity contribution in [2.24, 2.45) is 0 Å². The van der Waals surface area contributed by atoms with Gasteiger partial charge in [-0.05, 0) is 50.1 Å². The molecule has 10 heteroatoms. The highest BCUT2D eigenvalue weighted by Crippen LogP contribution is 2.40. The lowest BCUT2D eigenvalue weighted by molar-refractivity contribution is -0.115. The van der Waals surface area contributed by atoms with Crippen molar-refractivity contribution in [3.8, 4) is 11.5 Å². The van der Waals surface area contributed by atoms with E-state index >= 15 is 0 Å². The molecule has 4 rings (SSSR count). The molecule has 1 aliphatic rings. The van der Waals surface area contributed by atoms with E-state index in [4.69, 9.17) is 32.7 Å². The average Bonchev–Trinajstić information content (AvgIpc) is 3.54. The number of amides is 1. The molecule has 1 heterocycles. The first-order valence-electron chi connectivity index (χ1n) is 10.1. The summed E-state index contributed by atoms with van der Waals surface area (Å²) in [7, 11) is 1.54. The fourth-order valence-corrected chi connectivity index (χ4v) is 4.41. The lowest BCUT2D eigenvalue weighted by Gasteiger charge is -2.15. The topological polar surface area (TPSA) is 78.3 Å². The first-order chi connectivity index (χ1) is 15.5. The third kappa shape index (κ3) is 5.31. The third-order valence-electron chi connectivity index (χ3n) is 4.91. The zero-order valence-corrected chi connectivity index (χ0v) is 19.9. The minimum atomic E-state index is -0.419. The van der Waals surface area contributed by atoms with Crippen LogP contribution in [0.5, 0.6) is 11.5 Å². The van der Waals surface area contributed by atoms with Crippen LogP contribution in [0.15, 0.2) is 47.6 Å². The van der Waals surface area contributed by atoms with Crippen molar-refractivity contribution >= 4 is 46.6 Å². The van der Waals surface area contributed by atoms with E-state index in [9.17, 15) is 4.79 Å². The Bertz CT molecular complexity index is 1120. The van der Waals surface area contributed by atoms with Crippen molar-refractivity contribution in [3.63, 3.8) is 0 Å². The van der Waals surface area contributed by atoms with Gasteiger partial charge < -0.3 is 14.8 Å². The van der Waals surface area contributed by atoms with Gasteiger partial charge in [0.05, 0.1) is 23.1 Å². The summed E-state index contributed by atoms with van der Waals surface area (Å²) in [5.41, 5.74) is 0.523. The number of methoxy groups -OCH3 is 1. The lowest BCUT2D eigenvalue weighted by atomic mass is 10.3. The van der Waals surface area contributed by atoms with Gasteiger partial charge in [-0.25, -0.2) is 0 Å². The van der Waals surface area contributed by atoms with Gasteiger partial charge in [0.25, 0.3) is 0 Å². The van der Waals surface area contributed by atoms with Gasteiger partial charge in [-0.1, -0.05) is 47.1 Å². The van der Waals surface area contributed by atoms with Crippen LogP contribution in [0.1, 0.15) is 31.6 Å². The van der Waals surface area contributed by atoms with E-state index in [-0.39, 0.29) is 12.5 Å². The second kappa shape index (κ2) is 10.0. The van der Waals surface area contributed by atoms with E-state index in [2.05, 4.69) is 20.1 Å². The number of anilines is 1. The molecule has 0 saturated heterocycles. The molecular formula is C22H22Cl2N4O3S. The summed E-state index contributed by atoms with van der Waals surface area (Å²) in [5.74, 6) is 1.66. The van der Waals surface area contributed by atoms with Crippen LogP contribution in [-0.4, -0.2) is 33.0 Å². The number of para-hydroxylation sites is 1. The van der Waals surface area contributed by atoms with Crippen molar-refractivity contribution < 1.29 is 14.3 Å². The molecule has 0 aliphatic heterocycles. The van der Waals surface area contributed by atoms with Gasteiger partial charge in [-0.3, -0.25) is 9.36 Å². The first-order valence-corrected chi connectivity index (χ1v) is 11.7. The second-order valence-corrected chi connectivity index (χ2v) is 9.46. The zero-order chi connectivity index (χ0) is 22.7. The van der Waals surface area contributed by atoms with E-state index in [1.165, 1.54) is 11.8 Å². The third-order valence-corrected chi connectivity index (χ3v) is 6.52. The van der Waals surface area contributed by atoms with Gasteiger partial charge in [0, 0.05) is 11.1 Å². The van der Waals surface area contributed by atoms with Gasteiger partial charge in [-0.2, -0.15) is 0 Å². The Morgan fingerprint density at radius 3 is 2.72 bits per heavy atom. The Hall–Kier alpha value is -2.42. The second-order valence-electron chi connectivity index (χ2n) is 7.31. The minimum absolute atomic E-state index is 0.185. The van der Waals surface area contributed by atoms with E-state index in [0.717, 1.165) is 12.8 Å². The summed E-state index contributed by atoms with van der Waals surface area (Å²) in [4.78, 5) is 12.8. The number of nitrogens with zero attached hydrogens (tertiary/aromatic N) is 3. The van der Waals surface area contributed by atoms with Crippen LogP contribution >= 0.6 is 35.0 Å². The number of carbonyl (C=O) groups excluding carboxylic acids is 1. The summed E-state index contributed by atoms with van der Waals surface area (Å²) >= 11 is 13.6. The number of nitrogens with one attached hydrogen (secondary N) is 1. The highest BCUT2D eigenvalue weighted by Gasteiger charge is 2.31. The largest absolute Gasteiger partial charge is 0.495 e. The number of hydrogen-bond acceptors (Lipinski definition) is 6. The van der Waals surface area contributed by atoms with Crippen molar-refractivity contribution in [2.45, 2.75) is 42.8 Å². The molecule has 0 spiro atoms. The Morgan fingerprint density at radius 2 is 2.00 bits per heavy atom. The molecule has 1 unspecified atom stereocenters. The molecule has 1 aliphatic carbocycles. The monoisotopic (exact) mass is 492 g/mol. The van der Waals surface area contributed by atoms with Crippen LogP contribution in [0.3, 0.4) is 0 Å². The van der Waals surface area contributed by atoms with Crippen molar-refractivity contribution in [3.05, 3.63) is 58.3 Å². The standard InChI is InChI=1S/C22H22Cl2N4O3S/c1-13(21(29)25-17-11-14(23)7-10-19(17)30-2)32-22-27-26-20(28(22)15-8-9-15)12-31-18-6-4-3-5-16(18)24/h3-7,10-11,13,15H,8-9,12H2,1-2H3,(H,25,29). The number of halogens is 2. The van der Waals surface area contributed by atoms with Crippen LogP contribution in [0.4, 0.5) is 5.69 Å². The molecule has 7 nitrogen and oxygen atoms in total. The Balaban J connectivity index is 1.45. The van der Waals surface area contributed by atoms with Crippen LogP contribution < -0.4 is 14.8 Å². The van der Waals surface area contributed by atoms with Gasteiger partial charge >= 0.3 is 0 Å². The van der Waals surface area contributed by atoms with Gasteiger partial charge in [0.15, 0.2) is 11.0 Å². The number of carbonyl (C=O) groups is 1. The molecule has 32 heavy (non-hydrogen) atoms. The number of ether oxygens (including phenoxy) is 2. The first kappa shape index (κ1) is 22.8. The molecule has 1 fully saturated rings. The fraction of sp³-hybridized carbons (Fsp3) is 0.318. The van der Waals surface area contributed by atoms with E-state index in [1.54, 1.807) is 31.4 Å². The number of aromatic nitrogens is 3. The summed E-state index contributed by atoms with van der Waals surface area (Å²) in [6.07, 6.45) is 2.09. The number of rotatable bonds is 9. The van der Waals surface area contributed by atoms with Crippen LogP contribution in [0.2, 0.25) is 10.0 Å². The molecular weight excluding hydrogens is 471 g/mol. The average molecular weight is 493 g/mol. The van der Waals surface area contributed by atoms with Crippen LogP contribution in [0.25, 0.3) is 0 Å². The lowest BCUT2D eigenvalue weighted by Crippen LogP contribution is -2.23. The molecule has 1 N–H and O–H groups in total. The summed E-state index contributed by atoms with van der Waals surface area (Å²) in [6.45, 7) is 2.07. The molecule has 168 valence electrons. The normalized spacial score (nSPS) is 14.1. The summed E-state index contributed by atoms with van der Waals surface area (Å²) in [5, 5.41) is 12.8. The summed E-state index contributed by atoms with van der Waals surface area (Å²) in [6, 6.07) is 12.7. The molecule has 0 bridgehead atoms. The molecule has 1 amide bonds. The maximum atomic E-state index is 12.8. The van der Waals surface area contributed by atoms with Crippen molar-refractivity contribution in [1.82, 2.24) is 14.8 Å². The molecule has 1 atom stereocenters. The number of hydrogen-bond donors (Lipinski definition) is 1. The quantitative estimate of drug-likeness (QED) is 0.390. The fourth-order valence-electron chi connectivity index (χ4n) is 3.11. The molecule has 1 aromatic heterocycles. The van der Waals surface area contributed by atoms with Gasteiger partial charge in [0.1, 0.15) is 18.1 Å². The molecule has 2 aromatic carbocycles. The van der Waals surface area contributed by atoms with Gasteiger partial charge in [-0.15, -0.1) is 10.2 Å². The smallest absolute Gasteiger partial charge is 0.237 e. The van der Waals surface area contributed by atoms with E-state index in [1.807, 2.05) is 25.1 Å². The van der Waals surface area contributed by atoms with Crippen molar-refractivity contribution in [2.75, 3.05) is 12.4 Å². The Kier molecular flexibility index (Phi) is 7.13. The van der Waals surface area contributed by atoms with Crippen LogP contribution in [-0.2, 0) is 11.4 Å². The van der Waals surface area contributed by atoms with E-state index in [0.29, 0.717) is 44.3 Å². The van der Waals surface area contributed by atoms with Gasteiger partial charge in [0.2, 0.25) is 5.91 Å². The number of thioether (sulfide) groups is 1. The van der Waals surface area contributed by atoms with E-state index < -0.39 is 5.25 Å². The molecule has 3 aromatic rings. The predicted octanol–water partition coefficient (Wildman–Crippen LogP) is 5.63. The Morgan fingerprint density at radius 1 is 1.22 bits per heavy atom. The van der Waals surface area contributed by atoms with Crippen molar-refractivity contribution in [1.29, 1.82) is 0 Å². The predicted molar refractivity (Wildman–Crippen MR) is 126 cm³/mol. The summed E-state index contributed by atoms with van der Waals surface area (Å²) < 4.78 is 13.2. The minimum Gasteiger partial charge on any atom is -0.495 e. The zero-order valence-electron chi connectivity index (χ0n) is 17.5. The molecule has 1 saturated carbocycles. The highest BCUT2D eigenvalue weighted by atomic mass is 35.5. The maximum absolute atomic E-state index is 12.8. The van der Waals surface area contributed by atoms with Crippen LogP contribution in [0, 0.1) is 0 Å².